The summed E-state index contributed by atoms with van der Waals surface area (Å²) in [6.07, 6.45) is -2.72. The second-order valence-corrected chi connectivity index (χ2v) is 7.80. The summed E-state index contributed by atoms with van der Waals surface area (Å²) in [6, 6.07) is -0.208. The minimum Gasteiger partial charge on any atom is -0.380 e. The minimum absolute atomic E-state index is 0.0556. The Hall–Kier alpha value is -2.22. The summed E-state index contributed by atoms with van der Waals surface area (Å²) >= 11 is 6.01. The third-order valence-electron chi connectivity index (χ3n) is 5.13. The molecule has 3 rings (SSSR count). The van der Waals surface area contributed by atoms with Crippen molar-refractivity contribution in [1.82, 2.24) is 31.0 Å². The molecule has 2 amide bonds. The predicted octanol–water partition coefficient (Wildman–Crippen LogP) is -0.249. The van der Waals surface area contributed by atoms with Crippen LogP contribution >= 0.6 is 11.6 Å². The van der Waals surface area contributed by atoms with E-state index in [-0.39, 0.29) is 36.8 Å². The Morgan fingerprint density at radius 2 is 1.91 bits per heavy atom. The normalized spacial score (nSPS) is 22.1. The van der Waals surface area contributed by atoms with Crippen molar-refractivity contribution in [2.24, 2.45) is 0 Å². The van der Waals surface area contributed by atoms with Crippen molar-refractivity contribution in [3.8, 4) is 0 Å². The van der Waals surface area contributed by atoms with Crippen LogP contribution in [0.2, 0.25) is 0 Å². The van der Waals surface area contributed by atoms with E-state index < -0.39 is 17.1 Å². The zero-order valence-electron chi connectivity index (χ0n) is 17.2. The second-order valence-electron chi connectivity index (χ2n) is 7.33. The van der Waals surface area contributed by atoms with Crippen LogP contribution in [-0.2, 0) is 20.5 Å². The van der Waals surface area contributed by atoms with Gasteiger partial charge in [-0.25, -0.2) is 15.4 Å². The molecule has 32 heavy (non-hydrogen) atoms. The smallest absolute Gasteiger partial charge is 0.380 e. The standard InChI is InChI=1S/C18H25ClF3N7O3/c19-15-13(11-26-27-16(15)31)23-2-8-32-7-1-14(30)28-3-5-29(6-4-28)17-24-9-12(10-25-17)18(20,21)22/h9-10,13,15,23,26H,1-8,11H2,(H,27,31). The van der Waals surface area contributed by atoms with Gasteiger partial charge in [-0.2, -0.15) is 13.2 Å². The Kier molecular flexibility index (Phi) is 8.45. The lowest BCUT2D eigenvalue weighted by Gasteiger charge is -2.34. The second kappa shape index (κ2) is 11.1. The number of rotatable bonds is 8. The highest BCUT2D eigenvalue weighted by Crippen LogP contribution is 2.28. The molecule has 2 atom stereocenters. The molecule has 2 unspecified atom stereocenters. The number of carbonyl (C=O) groups excluding carboxylic acids is 2. The van der Waals surface area contributed by atoms with Gasteiger partial charge in [0.1, 0.15) is 5.38 Å². The van der Waals surface area contributed by atoms with Crippen LogP contribution in [0.25, 0.3) is 0 Å². The van der Waals surface area contributed by atoms with Gasteiger partial charge in [0.05, 0.1) is 25.2 Å². The number of alkyl halides is 4. The van der Waals surface area contributed by atoms with Crippen molar-refractivity contribution >= 4 is 29.4 Å². The Morgan fingerprint density at radius 3 is 2.56 bits per heavy atom. The van der Waals surface area contributed by atoms with Crippen molar-refractivity contribution in [2.45, 2.75) is 24.0 Å². The lowest BCUT2D eigenvalue weighted by atomic mass is 10.1. The molecule has 3 N–H and O–H groups in total. The van der Waals surface area contributed by atoms with Gasteiger partial charge in [-0.3, -0.25) is 15.0 Å². The van der Waals surface area contributed by atoms with Gasteiger partial charge in [-0.15, -0.1) is 11.6 Å². The van der Waals surface area contributed by atoms with Crippen LogP contribution in [-0.4, -0.2) is 90.6 Å². The molecule has 10 nitrogen and oxygen atoms in total. The molecule has 2 aliphatic rings. The molecule has 2 aliphatic heterocycles. The van der Waals surface area contributed by atoms with Crippen molar-refractivity contribution in [1.29, 1.82) is 0 Å². The number of halogens is 4. The van der Waals surface area contributed by atoms with Gasteiger partial charge in [0.2, 0.25) is 11.9 Å². The van der Waals surface area contributed by atoms with Gasteiger partial charge in [0.15, 0.2) is 0 Å². The molecule has 0 saturated carbocycles. The van der Waals surface area contributed by atoms with E-state index in [1.807, 2.05) is 0 Å². The Labute approximate surface area is 187 Å². The van der Waals surface area contributed by atoms with Crippen molar-refractivity contribution < 1.29 is 27.5 Å². The van der Waals surface area contributed by atoms with Crippen LogP contribution in [0.15, 0.2) is 12.4 Å². The predicted molar refractivity (Wildman–Crippen MR) is 109 cm³/mol. The number of piperazine rings is 1. The van der Waals surface area contributed by atoms with Crippen molar-refractivity contribution in [3.63, 3.8) is 0 Å². The van der Waals surface area contributed by atoms with Crippen LogP contribution in [0.3, 0.4) is 0 Å². The lowest BCUT2D eigenvalue weighted by Crippen LogP contribution is -2.61. The number of carbonyl (C=O) groups is 2. The lowest BCUT2D eigenvalue weighted by molar-refractivity contribution is -0.138. The average molecular weight is 480 g/mol. The van der Waals surface area contributed by atoms with Crippen molar-refractivity contribution in [2.75, 3.05) is 57.4 Å². The number of aromatic nitrogens is 2. The van der Waals surface area contributed by atoms with Crippen LogP contribution in [0.5, 0.6) is 0 Å². The molecule has 178 valence electrons. The maximum absolute atomic E-state index is 12.6. The fourth-order valence-electron chi connectivity index (χ4n) is 3.30. The summed E-state index contributed by atoms with van der Waals surface area (Å²) in [7, 11) is 0. The van der Waals surface area contributed by atoms with E-state index in [2.05, 4.69) is 26.1 Å². The highest BCUT2D eigenvalue weighted by atomic mass is 35.5. The number of nitrogens with zero attached hydrogens (tertiary/aromatic N) is 4. The Morgan fingerprint density at radius 1 is 1.22 bits per heavy atom. The molecular formula is C18H25ClF3N7O3. The first kappa shape index (κ1) is 24.4. The van der Waals surface area contributed by atoms with Crippen LogP contribution < -0.4 is 21.1 Å². The molecule has 0 spiro atoms. The third kappa shape index (κ3) is 6.64. The van der Waals surface area contributed by atoms with E-state index in [4.69, 9.17) is 16.3 Å². The summed E-state index contributed by atoms with van der Waals surface area (Å²) in [6.45, 7) is 3.35. The molecule has 0 aromatic carbocycles. The molecule has 2 saturated heterocycles. The highest BCUT2D eigenvalue weighted by molar-refractivity contribution is 6.31. The maximum Gasteiger partial charge on any atom is 0.419 e. The molecule has 0 radical (unpaired) electrons. The Bertz CT molecular complexity index is 776. The van der Waals surface area contributed by atoms with Crippen LogP contribution in [0, 0.1) is 0 Å². The zero-order valence-corrected chi connectivity index (χ0v) is 18.0. The van der Waals surface area contributed by atoms with Gasteiger partial charge in [-0.05, 0) is 0 Å². The Balaban J connectivity index is 1.30. The first-order valence-electron chi connectivity index (χ1n) is 10.2. The topological polar surface area (TPSA) is 112 Å². The number of ether oxygens (including phenoxy) is 1. The number of hydrogen-bond donors (Lipinski definition) is 3. The summed E-state index contributed by atoms with van der Waals surface area (Å²) < 4.78 is 43.3. The van der Waals surface area contributed by atoms with E-state index >= 15 is 0 Å². The van der Waals surface area contributed by atoms with Crippen LogP contribution in [0.4, 0.5) is 19.1 Å². The first-order chi connectivity index (χ1) is 15.3. The van der Waals surface area contributed by atoms with Gasteiger partial charge >= 0.3 is 6.18 Å². The summed E-state index contributed by atoms with van der Waals surface area (Å²) in [5.74, 6) is -0.127. The fraction of sp³-hybridized carbons (Fsp3) is 0.667. The molecule has 1 aromatic rings. The molecule has 1 aromatic heterocycles. The maximum atomic E-state index is 12.6. The van der Waals surface area contributed by atoms with E-state index in [0.717, 1.165) is 12.4 Å². The third-order valence-corrected chi connectivity index (χ3v) is 5.63. The zero-order chi connectivity index (χ0) is 23.1. The van der Waals surface area contributed by atoms with E-state index in [9.17, 15) is 22.8 Å². The van der Waals surface area contributed by atoms with Crippen LogP contribution in [0.1, 0.15) is 12.0 Å². The number of hydrazine groups is 1. The van der Waals surface area contributed by atoms with Gasteiger partial charge in [-0.1, -0.05) is 0 Å². The molecule has 0 aliphatic carbocycles. The van der Waals surface area contributed by atoms with E-state index in [1.54, 1.807) is 9.80 Å². The molecule has 3 heterocycles. The monoisotopic (exact) mass is 479 g/mol. The molecule has 0 bridgehead atoms. The minimum atomic E-state index is -4.47. The highest BCUT2D eigenvalue weighted by Gasteiger charge is 2.32. The van der Waals surface area contributed by atoms with Gasteiger partial charge in [0, 0.05) is 57.7 Å². The SMILES string of the molecule is O=C1NNCC(NCCOCCC(=O)N2CCN(c3ncc(C(F)(F)F)cn3)CC2)C1Cl. The average Bonchev–Trinajstić information content (AvgIpc) is 2.78. The van der Waals surface area contributed by atoms with E-state index in [1.165, 1.54) is 0 Å². The quantitative estimate of drug-likeness (QED) is 0.346. The fourth-order valence-corrected chi connectivity index (χ4v) is 3.53. The number of nitrogens with one attached hydrogen (secondary N) is 3. The van der Waals surface area contributed by atoms with Gasteiger partial charge < -0.3 is 19.9 Å². The van der Waals surface area contributed by atoms with E-state index in [0.29, 0.717) is 45.9 Å². The molecule has 14 heteroatoms. The summed E-state index contributed by atoms with van der Waals surface area (Å²) in [5, 5.41) is 2.47. The summed E-state index contributed by atoms with van der Waals surface area (Å²) in [4.78, 5) is 34.8. The number of amides is 2. The molecular weight excluding hydrogens is 455 g/mol. The summed E-state index contributed by atoms with van der Waals surface area (Å²) in [5.41, 5.74) is 4.30. The largest absolute Gasteiger partial charge is 0.419 e. The van der Waals surface area contributed by atoms with Gasteiger partial charge in [0.25, 0.3) is 5.91 Å². The number of hydrogen-bond acceptors (Lipinski definition) is 8. The van der Waals surface area contributed by atoms with Crippen molar-refractivity contribution in [3.05, 3.63) is 18.0 Å². The molecule has 2 fully saturated rings. The number of anilines is 1. The first-order valence-corrected chi connectivity index (χ1v) is 10.6.